The Balaban J connectivity index is 2.16. The summed E-state index contributed by atoms with van der Waals surface area (Å²) in [5, 5.41) is 0. The molecule has 5 nitrogen and oxygen atoms in total. The highest BCUT2D eigenvalue weighted by atomic mass is 32.2. The fourth-order valence-corrected chi connectivity index (χ4v) is 2.30. The molecule has 0 unspecified atom stereocenters. The molecule has 0 aliphatic rings. The lowest BCUT2D eigenvalue weighted by Crippen LogP contribution is -2.15. The third kappa shape index (κ3) is 3.48. The minimum atomic E-state index is -3.26. The van der Waals surface area contributed by atoms with Crippen LogP contribution < -0.4 is 9.62 Å². The summed E-state index contributed by atoms with van der Waals surface area (Å²) in [5.74, 6) is 0.786. The van der Waals surface area contributed by atoms with E-state index in [2.05, 4.69) is 9.71 Å². The highest BCUT2D eigenvalue weighted by molar-refractivity contribution is 7.92. The lowest BCUT2D eigenvalue weighted by molar-refractivity contribution is 0.602. The molecule has 20 heavy (non-hydrogen) atoms. The van der Waals surface area contributed by atoms with Crippen molar-refractivity contribution in [2.75, 3.05) is 22.4 Å². The van der Waals surface area contributed by atoms with E-state index in [1.165, 1.54) is 6.20 Å². The molecule has 0 aliphatic heterocycles. The van der Waals surface area contributed by atoms with Gasteiger partial charge in [0, 0.05) is 12.7 Å². The molecular formula is C14H17N3O2S. The topological polar surface area (TPSA) is 62.3 Å². The summed E-state index contributed by atoms with van der Waals surface area (Å²) in [4.78, 5) is 6.20. The first-order valence-electron chi connectivity index (χ1n) is 6.27. The van der Waals surface area contributed by atoms with E-state index in [9.17, 15) is 8.42 Å². The summed E-state index contributed by atoms with van der Waals surface area (Å²) in [6, 6.07) is 13.3. The van der Waals surface area contributed by atoms with Gasteiger partial charge in [-0.1, -0.05) is 18.2 Å². The largest absolute Gasteiger partial charge is 0.329 e. The van der Waals surface area contributed by atoms with Gasteiger partial charge in [0.25, 0.3) is 0 Å². The normalized spacial score (nSPS) is 11.1. The Morgan fingerprint density at radius 2 is 1.85 bits per heavy atom. The summed E-state index contributed by atoms with van der Waals surface area (Å²) in [6.07, 6.45) is 1.52. The number of pyridine rings is 1. The number of rotatable bonds is 5. The molecule has 6 heteroatoms. The molecule has 0 radical (unpaired) electrons. The van der Waals surface area contributed by atoms with Crippen LogP contribution in [0.4, 0.5) is 17.2 Å². The van der Waals surface area contributed by atoms with Crippen LogP contribution in [0.3, 0.4) is 0 Å². The Morgan fingerprint density at radius 3 is 2.40 bits per heavy atom. The fourth-order valence-electron chi connectivity index (χ4n) is 1.68. The molecule has 106 valence electrons. The quantitative estimate of drug-likeness (QED) is 0.920. The summed E-state index contributed by atoms with van der Waals surface area (Å²) in [5.41, 5.74) is 1.49. The molecule has 0 amide bonds. The lowest BCUT2D eigenvalue weighted by atomic mass is 10.3. The summed E-state index contributed by atoms with van der Waals surface area (Å²) in [6.45, 7) is 1.59. The van der Waals surface area contributed by atoms with Gasteiger partial charge in [0.15, 0.2) is 0 Å². The number of sulfonamides is 1. The number of benzene rings is 1. The second kappa shape index (κ2) is 5.92. The molecule has 0 bridgehead atoms. The van der Waals surface area contributed by atoms with Gasteiger partial charge < -0.3 is 4.90 Å². The molecule has 0 aliphatic carbocycles. The third-order valence-electron chi connectivity index (χ3n) is 2.89. The molecule has 0 fully saturated rings. The van der Waals surface area contributed by atoms with E-state index < -0.39 is 10.0 Å². The second-order valence-corrected chi connectivity index (χ2v) is 6.32. The summed E-state index contributed by atoms with van der Waals surface area (Å²) < 4.78 is 25.4. The minimum Gasteiger partial charge on any atom is -0.329 e. The van der Waals surface area contributed by atoms with Crippen molar-refractivity contribution in [3.8, 4) is 0 Å². The molecule has 0 saturated heterocycles. The standard InChI is InChI=1S/C14H17N3O2S/c1-3-20(18,19)16-12-9-10-14(15-11-12)17(2)13-7-5-4-6-8-13/h4-11,16H,3H2,1-2H3. The van der Waals surface area contributed by atoms with Crippen molar-refractivity contribution in [1.29, 1.82) is 0 Å². The Morgan fingerprint density at radius 1 is 1.15 bits per heavy atom. The Labute approximate surface area is 119 Å². The van der Waals surface area contributed by atoms with Gasteiger partial charge in [0.1, 0.15) is 5.82 Å². The van der Waals surface area contributed by atoms with Crippen molar-refractivity contribution < 1.29 is 8.42 Å². The predicted molar refractivity (Wildman–Crippen MR) is 81.8 cm³/mol. The first kappa shape index (κ1) is 14.3. The van der Waals surface area contributed by atoms with Gasteiger partial charge in [-0.25, -0.2) is 13.4 Å². The van der Waals surface area contributed by atoms with E-state index in [0.29, 0.717) is 5.69 Å². The van der Waals surface area contributed by atoms with Gasteiger partial charge >= 0.3 is 0 Å². The monoisotopic (exact) mass is 291 g/mol. The van der Waals surface area contributed by atoms with Crippen molar-refractivity contribution in [3.05, 3.63) is 48.7 Å². The zero-order valence-electron chi connectivity index (χ0n) is 11.4. The molecule has 1 heterocycles. The smallest absolute Gasteiger partial charge is 0.232 e. The summed E-state index contributed by atoms with van der Waals surface area (Å²) in [7, 11) is -1.35. The number of nitrogens with one attached hydrogen (secondary N) is 1. The van der Waals surface area contributed by atoms with Crippen LogP contribution in [0.25, 0.3) is 0 Å². The lowest BCUT2D eigenvalue weighted by Gasteiger charge is -2.18. The first-order valence-corrected chi connectivity index (χ1v) is 7.92. The number of anilines is 3. The van der Waals surface area contributed by atoms with Crippen LogP contribution >= 0.6 is 0 Å². The maximum absolute atomic E-state index is 11.5. The van der Waals surface area contributed by atoms with Crippen LogP contribution in [0.2, 0.25) is 0 Å². The van der Waals surface area contributed by atoms with Gasteiger partial charge in [-0.05, 0) is 31.2 Å². The van der Waals surface area contributed by atoms with Crippen molar-refractivity contribution in [1.82, 2.24) is 4.98 Å². The number of aromatic nitrogens is 1. The Hall–Kier alpha value is -2.08. The highest BCUT2D eigenvalue weighted by Gasteiger charge is 2.08. The number of nitrogens with zero attached hydrogens (tertiary/aromatic N) is 2. The van der Waals surface area contributed by atoms with Crippen LogP contribution in [0.5, 0.6) is 0 Å². The fraction of sp³-hybridized carbons (Fsp3) is 0.214. The number of para-hydroxylation sites is 1. The molecule has 0 atom stereocenters. The Bertz CT molecular complexity index is 655. The van der Waals surface area contributed by atoms with Crippen LogP contribution in [-0.2, 0) is 10.0 Å². The van der Waals surface area contributed by atoms with Gasteiger partial charge in [0.2, 0.25) is 10.0 Å². The zero-order chi connectivity index (χ0) is 14.6. The van der Waals surface area contributed by atoms with Crippen LogP contribution in [0, 0.1) is 0 Å². The van der Waals surface area contributed by atoms with Gasteiger partial charge in [0.05, 0.1) is 17.6 Å². The van der Waals surface area contributed by atoms with Gasteiger partial charge in [-0.3, -0.25) is 4.72 Å². The van der Waals surface area contributed by atoms with E-state index in [-0.39, 0.29) is 5.75 Å². The molecule has 1 N–H and O–H groups in total. The maximum Gasteiger partial charge on any atom is 0.232 e. The molecule has 1 aromatic heterocycles. The predicted octanol–water partition coefficient (Wildman–Crippen LogP) is 2.61. The average molecular weight is 291 g/mol. The SMILES string of the molecule is CCS(=O)(=O)Nc1ccc(N(C)c2ccccc2)nc1. The minimum absolute atomic E-state index is 0.0403. The first-order chi connectivity index (χ1) is 9.52. The van der Waals surface area contributed by atoms with E-state index in [4.69, 9.17) is 0 Å². The van der Waals surface area contributed by atoms with Crippen molar-refractivity contribution in [2.45, 2.75) is 6.92 Å². The van der Waals surface area contributed by atoms with Crippen LogP contribution in [-0.4, -0.2) is 26.2 Å². The van der Waals surface area contributed by atoms with E-state index >= 15 is 0 Å². The maximum atomic E-state index is 11.5. The molecule has 2 aromatic rings. The number of hydrogen-bond donors (Lipinski definition) is 1. The molecular weight excluding hydrogens is 274 g/mol. The molecule has 0 spiro atoms. The van der Waals surface area contributed by atoms with Crippen molar-refractivity contribution >= 4 is 27.2 Å². The van der Waals surface area contributed by atoms with Crippen molar-refractivity contribution in [3.63, 3.8) is 0 Å². The highest BCUT2D eigenvalue weighted by Crippen LogP contribution is 2.22. The van der Waals surface area contributed by atoms with Crippen molar-refractivity contribution in [2.24, 2.45) is 0 Å². The van der Waals surface area contributed by atoms with E-state index in [1.54, 1.807) is 19.1 Å². The number of hydrogen-bond acceptors (Lipinski definition) is 4. The van der Waals surface area contributed by atoms with Gasteiger partial charge in [-0.2, -0.15) is 0 Å². The molecule has 0 saturated carbocycles. The van der Waals surface area contributed by atoms with Gasteiger partial charge in [-0.15, -0.1) is 0 Å². The zero-order valence-corrected chi connectivity index (χ0v) is 12.3. The second-order valence-electron chi connectivity index (χ2n) is 4.31. The summed E-state index contributed by atoms with van der Waals surface area (Å²) >= 11 is 0. The molecule has 2 rings (SSSR count). The third-order valence-corrected chi connectivity index (χ3v) is 4.20. The van der Waals surface area contributed by atoms with Crippen LogP contribution in [0.15, 0.2) is 48.7 Å². The van der Waals surface area contributed by atoms with E-state index in [0.717, 1.165) is 11.5 Å². The average Bonchev–Trinajstić information content (AvgIpc) is 2.48. The van der Waals surface area contributed by atoms with E-state index in [1.807, 2.05) is 42.3 Å². The van der Waals surface area contributed by atoms with Crippen LogP contribution in [0.1, 0.15) is 6.92 Å². The molecule has 1 aromatic carbocycles. The Kier molecular flexibility index (Phi) is 4.24.